The van der Waals surface area contributed by atoms with Gasteiger partial charge in [0.25, 0.3) is 0 Å². The number of nitrogens with one attached hydrogen (secondary N) is 1. The number of hydrogen-bond donors (Lipinski definition) is 2. The van der Waals surface area contributed by atoms with Crippen molar-refractivity contribution in [2.24, 2.45) is 5.73 Å². The molecule has 2 saturated heterocycles. The van der Waals surface area contributed by atoms with E-state index in [-0.39, 0.29) is 0 Å². The molecule has 0 spiro atoms. The number of nitrogens with zero attached hydrogens (tertiary/aromatic N) is 4. The molecule has 3 aliphatic rings. The van der Waals surface area contributed by atoms with Gasteiger partial charge in [0.05, 0.1) is 0 Å². The van der Waals surface area contributed by atoms with Crippen molar-refractivity contribution in [3.05, 3.63) is 12.3 Å². The maximum Gasteiger partial charge on any atom is 0.224 e. The number of likely N-dealkylation sites (tertiary alicyclic amines) is 1. The molecule has 0 amide bonds. The molecule has 1 saturated carbocycles. The van der Waals surface area contributed by atoms with Crippen LogP contribution in [0.2, 0.25) is 0 Å². The van der Waals surface area contributed by atoms with E-state index in [0.717, 1.165) is 50.4 Å². The molecule has 0 bridgehead atoms. The second-order valence-corrected chi connectivity index (χ2v) is 9.29. The minimum Gasteiger partial charge on any atom is -0.356 e. The molecule has 2 atom stereocenters. The molecule has 29 heavy (non-hydrogen) atoms. The smallest absolute Gasteiger partial charge is 0.224 e. The number of hydrogen-bond acceptors (Lipinski definition) is 6. The van der Waals surface area contributed by atoms with Crippen molar-refractivity contribution in [2.45, 2.75) is 95.2 Å². The zero-order chi connectivity index (χ0) is 19.9. The molecule has 0 radical (unpaired) electrons. The lowest BCUT2D eigenvalue weighted by atomic mass is 9.93. The van der Waals surface area contributed by atoms with Crippen molar-refractivity contribution in [3.8, 4) is 0 Å². The highest BCUT2D eigenvalue weighted by Crippen LogP contribution is 2.32. The molecule has 1 aromatic rings. The van der Waals surface area contributed by atoms with Crippen molar-refractivity contribution < 1.29 is 0 Å². The largest absolute Gasteiger partial charge is 0.356 e. The van der Waals surface area contributed by atoms with Gasteiger partial charge in [0, 0.05) is 44.0 Å². The lowest BCUT2D eigenvalue weighted by Gasteiger charge is -2.35. The summed E-state index contributed by atoms with van der Waals surface area (Å²) >= 11 is 0. The molecule has 3 heterocycles. The SMILES string of the molecule is NCCCC1CC(Nc2nccc(N3CCCCCC3)n2)CN1C1CCCCC1. The number of rotatable bonds is 7. The highest BCUT2D eigenvalue weighted by atomic mass is 15.3. The summed E-state index contributed by atoms with van der Waals surface area (Å²) in [5, 5.41) is 3.69. The van der Waals surface area contributed by atoms with Crippen LogP contribution in [0.25, 0.3) is 0 Å². The molecular formula is C23H40N6. The third-order valence-corrected chi connectivity index (χ3v) is 7.15. The van der Waals surface area contributed by atoms with Crippen LogP contribution >= 0.6 is 0 Å². The van der Waals surface area contributed by atoms with Crippen LogP contribution in [0.3, 0.4) is 0 Å². The minimum atomic E-state index is 0.444. The molecule has 1 aromatic heterocycles. The highest BCUT2D eigenvalue weighted by Gasteiger charge is 2.36. The van der Waals surface area contributed by atoms with E-state index in [1.54, 1.807) is 0 Å². The highest BCUT2D eigenvalue weighted by molar-refractivity contribution is 5.43. The van der Waals surface area contributed by atoms with E-state index in [4.69, 9.17) is 10.7 Å². The van der Waals surface area contributed by atoms with Crippen LogP contribution in [0.4, 0.5) is 11.8 Å². The lowest BCUT2D eigenvalue weighted by molar-refractivity contribution is 0.135. The zero-order valence-electron chi connectivity index (χ0n) is 18.1. The van der Waals surface area contributed by atoms with E-state index in [1.807, 2.05) is 6.20 Å². The van der Waals surface area contributed by atoms with Gasteiger partial charge in [-0.15, -0.1) is 0 Å². The standard InChI is InChI=1S/C23H40N6/c24-13-8-11-21-17-19(18-29(21)20-9-4-3-5-10-20)26-23-25-14-12-22(27-23)28-15-6-1-2-7-16-28/h12,14,19-21H,1-11,13,15-18,24H2,(H,25,26,27). The van der Waals surface area contributed by atoms with E-state index in [2.05, 4.69) is 26.2 Å². The quantitative estimate of drug-likeness (QED) is 0.726. The normalized spacial score (nSPS) is 27.1. The van der Waals surface area contributed by atoms with Gasteiger partial charge < -0.3 is 16.0 Å². The van der Waals surface area contributed by atoms with Crippen LogP contribution in [-0.2, 0) is 0 Å². The Morgan fingerprint density at radius 1 is 1.03 bits per heavy atom. The topological polar surface area (TPSA) is 70.3 Å². The van der Waals surface area contributed by atoms with Crippen molar-refractivity contribution in [2.75, 3.05) is 36.4 Å². The van der Waals surface area contributed by atoms with E-state index in [0.29, 0.717) is 12.1 Å². The minimum absolute atomic E-state index is 0.444. The molecule has 2 aliphatic heterocycles. The average molecular weight is 401 g/mol. The third-order valence-electron chi connectivity index (χ3n) is 7.15. The summed E-state index contributed by atoms with van der Waals surface area (Å²) in [7, 11) is 0. The van der Waals surface area contributed by atoms with Gasteiger partial charge >= 0.3 is 0 Å². The van der Waals surface area contributed by atoms with Crippen LogP contribution in [0.15, 0.2) is 12.3 Å². The van der Waals surface area contributed by atoms with Gasteiger partial charge in [-0.2, -0.15) is 4.98 Å². The third kappa shape index (κ3) is 5.60. The van der Waals surface area contributed by atoms with E-state index in [9.17, 15) is 0 Å². The zero-order valence-corrected chi connectivity index (χ0v) is 18.1. The maximum absolute atomic E-state index is 5.83. The van der Waals surface area contributed by atoms with E-state index in [1.165, 1.54) is 70.6 Å². The summed E-state index contributed by atoms with van der Waals surface area (Å²) in [6, 6.07) is 3.94. The fourth-order valence-corrected chi connectivity index (χ4v) is 5.62. The molecule has 4 rings (SSSR count). The van der Waals surface area contributed by atoms with Gasteiger partial charge in [-0.3, -0.25) is 4.90 Å². The van der Waals surface area contributed by atoms with Gasteiger partial charge in [0.1, 0.15) is 5.82 Å². The van der Waals surface area contributed by atoms with Crippen molar-refractivity contribution in [1.82, 2.24) is 14.9 Å². The van der Waals surface area contributed by atoms with Crippen molar-refractivity contribution in [1.29, 1.82) is 0 Å². The number of anilines is 2. The average Bonchev–Trinajstić information content (AvgIpc) is 2.97. The first-order valence-electron chi connectivity index (χ1n) is 12.1. The summed E-state index contributed by atoms with van der Waals surface area (Å²) < 4.78 is 0. The lowest BCUT2D eigenvalue weighted by Crippen LogP contribution is -2.41. The van der Waals surface area contributed by atoms with Gasteiger partial charge in [0.15, 0.2) is 0 Å². The molecular weight excluding hydrogens is 360 g/mol. The first kappa shape index (κ1) is 20.9. The maximum atomic E-state index is 5.83. The molecule has 1 aliphatic carbocycles. The van der Waals surface area contributed by atoms with Crippen molar-refractivity contribution in [3.63, 3.8) is 0 Å². The summed E-state index contributed by atoms with van der Waals surface area (Å²) in [6.45, 7) is 4.16. The van der Waals surface area contributed by atoms with Crippen LogP contribution in [0, 0.1) is 0 Å². The molecule has 3 N–H and O–H groups in total. The Labute approximate surface area is 176 Å². The number of nitrogens with two attached hydrogens (primary N) is 1. The first-order chi connectivity index (χ1) is 14.3. The Morgan fingerprint density at radius 2 is 1.79 bits per heavy atom. The summed E-state index contributed by atoms with van der Waals surface area (Å²) in [6.07, 6.45) is 17.6. The second kappa shape index (κ2) is 10.6. The monoisotopic (exact) mass is 400 g/mol. The van der Waals surface area contributed by atoms with E-state index >= 15 is 0 Å². The molecule has 162 valence electrons. The van der Waals surface area contributed by atoms with Gasteiger partial charge in [-0.05, 0) is 57.6 Å². The van der Waals surface area contributed by atoms with Crippen molar-refractivity contribution >= 4 is 11.8 Å². The van der Waals surface area contributed by atoms with Crippen LogP contribution in [-0.4, -0.2) is 59.2 Å². The first-order valence-corrected chi connectivity index (χ1v) is 12.1. The van der Waals surface area contributed by atoms with Crippen LogP contribution in [0.1, 0.15) is 77.0 Å². The Bertz CT molecular complexity index is 609. The fourth-order valence-electron chi connectivity index (χ4n) is 5.62. The molecule has 2 unspecified atom stereocenters. The summed E-state index contributed by atoms with van der Waals surface area (Å²) in [5.74, 6) is 1.89. The van der Waals surface area contributed by atoms with Gasteiger partial charge in [-0.25, -0.2) is 4.98 Å². The fraction of sp³-hybridized carbons (Fsp3) is 0.826. The molecule has 6 heteroatoms. The van der Waals surface area contributed by atoms with E-state index < -0.39 is 0 Å². The van der Waals surface area contributed by atoms with Crippen LogP contribution < -0.4 is 16.0 Å². The Hall–Kier alpha value is -1.40. The summed E-state index contributed by atoms with van der Waals surface area (Å²) in [4.78, 5) is 14.7. The Morgan fingerprint density at radius 3 is 2.55 bits per heavy atom. The van der Waals surface area contributed by atoms with Gasteiger partial charge in [0.2, 0.25) is 5.95 Å². The summed E-state index contributed by atoms with van der Waals surface area (Å²) in [5.41, 5.74) is 5.83. The number of aromatic nitrogens is 2. The Kier molecular flexibility index (Phi) is 7.61. The van der Waals surface area contributed by atoms with Gasteiger partial charge in [-0.1, -0.05) is 32.1 Å². The van der Waals surface area contributed by atoms with Crippen LogP contribution in [0.5, 0.6) is 0 Å². The predicted molar refractivity (Wildman–Crippen MR) is 120 cm³/mol. The molecule has 0 aromatic carbocycles. The Balaban J connectivity index is 1.39. The molecule has 6 nitrogen and oxygen atoms in total. The second-order valence-electron chi connectivity index (χ2n) is 9.29. The predicted octanol–water partition coefficient (Wildman–Crippen LogP) is 3.78. The molecule has 3 fully saturated rings.